The van der Waals surface area contributed by atoms with E-state index in [0.29, 0.717) is 19.6 Å². The monoisotopic (exact) mass is 378 g/mol. The van der Waals surface area contributed by atoms with Gasteiger partial charge >= 0.3 is 0 Å². The number of fused-ring (bicyclic) bond motifs is 1. The van der Waals surface area contributed by atoms with Gasteiger partial charge in [0.2, 0.25) is 0 Å². The van der Waals surface area contributed by atoms with Crippen molar-refractivity contribution in [2.45, 2.75) is 19.9 Å². The van der Waals surface area contributed by atoms with E-state index in [2.05, 4.69) is 28.9 Å². The first-order chi connectivity index (χ1) is 13.5. The van der Waals surface area contributed by atoms with Crippen LogP contribution in [-0.4, -0.2) is 51.0 Å². The lowest BCUT2D eigenvalue weighted by Gasteiger charge is -2.41. The van der Waals surface area contributed by atoms with Crippen LogP contribution in [0.3, 0.4) is 0 Å². The van der Waals surface area contributed by atoms with Crippen LogP contribution in [0.1, 0.15) is 22.8 Å². The summed E-state index contributed by atoms with van der Waals surface area (Å²) < 4.78 is 1.21. The summed E-state index contributed by atoms with van der Waals surface area (Å²) in [5.41, 5.74) is 2.05. The second-order valence-corrected chi connectivity index (χ2v) is 7.14. The summed E-state index contributed by atoms with van der Waals surface area (Å²) in [5, 5.41) is 9.85. The molecule has 1 aromatic carbocycles. The summed E-state index contributed by atoms with van der Waals surface area (Å²) in [6.45, 7) is 5.98. The number of benzene rings is 1. The van der Waals surface area contributed by atoms with Gasteiger partial charge in [0, 0.05) is 43.8 Å². The molecular weight excluding hydrogens is 356 g/mol. The quantitative estimate of drug-likeness (QED) is 0.739. The SMILES string of the molecule is Cc1ccccc1N1CCN(C(=O)c2cnc3c(O)cccn3c2=O)C(C)C1. The number of carbonyl (C=O) groups is 1. The molecule has 1 amide bonds. The number of aryl methyl sites for hydroxylation is 1. The van der Waals surface area contributed by atoms with Crippen LogP contribution in [0.15, 0.2) is 53.6 Å². The minimum atomic E-state index is -0.473. The molecule has 1 fully saturated rings. The Labute approximate surface area is 162 Å². The zero-order valence-electron chi connectivity index (χ0n) is 15.9. The number of nitrogens with zero attached hydrogens (tertiary/aromatic N) is 4. The number of rotatable bonds is 2. The molecule has 1 aliphatic rings. The molecule has 1 aliphatic heterocycles. The van der Waals surface area contributed by atoms with Gasteiger partial charge in [-0.2, -0.15) is 0 Å². The maximum atomic E-state index is 13.1. The molecule has 1 unspecified atom stereocenters. The van der Waals surface area contributed by atoms with Gasteiger partial charge in [0.05, 0.1) is 0 Å². The lowest BCUT2D eigenvalue weighted by Crippen LogP contribution is -2.55. The summed E-state index contributed by atoms with van der Waals surface area (Å²) in [6.07, 6.45) is 2.76. The van der Waals surface area contributed by atoms with Gasteiger partial charge in [-0.3, -0.25) is 14.0 Å². The van der Waals surface area contributed by atoms with Gasteiger partial charge in [0.15, 0.2) is 11.4 Å². The molecule has 28 heavy (non-hydrogen) atoms. The van der Waals surface area contributed by atoms with Gasteiger partial charge in [0.25, 0.3) is 11.5 Å². The van der Waals surface area contributed by atoms with Crippen molar-refractivity contribution in [1.29, 1.82) is 0 Å². The van der Waals surface area contributed by atoms with Crippen LogP contribution in [0, 0.1) is 6.92 Å². The average Bonchev–Trinajstić information content (AvgIpc) is 2.69. The van der Waals surface area contributed by atoms with Gasteiger partial charge in [-0.15, -0.1) is 0 Å². The highest BCUT2D eigenvalue weighted by Crippen LogP contribution is 2.23. The first-order valence-corrected chi connectivity index (χ1v) is 9.28. The van der Waals surface area contributed by atoms with Crippen molar-refractivity contribution in [3.63, 3.8) is 0 Å². The molecular formula is C21H22N4O3. The third-order valence-corrected chi connectivity index (χ3v) is 5.29. The van der Waals surface area contributed by atoms with Gasteiger partial charge in [-0.05, 0) is 37.6 Å². The average molecular weight is 378 g/mol. The fraction of sp³-hybridized carbons (Fsp3) is 0.286. The molecule has 0 aliphatic carbocycles. The molecule has 0 bridgehead atoms. The van der Waals surface area contributed by atoms with E-state index in [1.54, 1.807) is 11.0 Å². The Hall–Kier alpha value is -3.35. The molecule has 7 heteroatoms. The summed E-state index contributed by atoms with van der Waals surface area (Å²) in [5.74, 6) is -0.425. The molecule has 1 saturated heterocycles. The van der Waals surface area contributed by atoms with E-state index in [9.17, 15) is 14.7 Å². The predicted molar refractivity (Wildman–Crippen MR) is 107 cm³/mol. The maximum Gasteiger partial charge on any atom is 0.270 e. The highest BCUT2D eigenvalue weighted by molar-refractivity contribution is 5.94. The number of para-hydroxylation sites is 1. The molecule has 3 heterocycles. The first kappa shape index (κ1) is 18.0. The number of anilines is 1. The van der Waals surface area contributed by atoms with E-state index in [1.165, 1.54) is 34.1 Å². The Morgan fingerprint density at radius 1 is 1.18 bits per heavy atom. The zero-order chi connectivity index (χ0) is 19.8. The van der Waals surface area contributed by atoms with E-state index in [0.717, 1.165) is 0 Å². The van der Waals surface area contributed by atoms with E-state index in [1.807, 2.05) is 19.1 Å². The molecule has 1 N–H and O–H groups in total. The van der Waals surface area contributed by atoms with Crippen LogP contribution in [0.4, 0.5) is 5.69 Å². The zero-order valence-corrected chi connectivity index (χ0v) is 15.9. The van der Waals surface area contributed by atoms with Crippen LogP contribution in [0.5, 0.6) is 5.75 Å². The van der Waals surface area contributed by atoms with Crippen LogP contribution in [0.25, 0.3) is 5.65 Å². The Bertz CT molecular complexity index is 1110. The second kappa shape index (κ2) is 6.99. The minimum Gasteiger partial charge on any atom is -0.504 e. The van der Waals surface area contributed by atoms with Crippen molar-refractivity contribution >= 4 is 17.2 Å². The Balaban J connectivity index is 1.60. The number of hydrogen-bond donors (Lipinski definition) is 1. The fourth-order valence-electron chi connectivity index (χ4n) is 3.79. The van der Waals surface area contributed by atoms with Crippen molar-refractivity contribution in [2.75, 3.05) is 24.5 Å². The third kappa shape index (κ3) is 2.98. The normalized spacial score (nSPS) is 17.1. The van der Waals surface area contributed by atoms with Crippen LogP contribution >= 0.6 is 0 Å². The smallest absolute Gasteiger partial charge is 0.270 e. The molecule has 0 saturated carbocycles. The van der Waals surface area contributed by atoms with Crippen molar-refractivity contribution in [2.24, 2.45) is 0 Å². The standard InChI is InChI=1S/C21H22N4O3/c1-14-6-3-4-7-17(14)23-10-11-24(15(2)13-23)20(27)16-12-22-19-18(26)8-5-9-25(19)21(16)28/h3-9,12,15,26H,10-11,13H2,1-2H3. The number of piperazine rings is 1. The van der Waals surface area contributed by atoms with Gasteiger partial charge in [-0.25, -0.2) is 4.98 Å². The van der Waals surface area contributed by atoms with E-state index < -0.39 is 5.56 Å². The van der Waals surface area contributed by atoms with Gasteiger partial charge < -0.3 is 14.9 Å². The molecule has 2 aromatic heterocycles. The van der Waals surface area contributed by atoms with Crippen LogP contribution in [-0.2, 0) is 0 Å². The lowest BCUT2D eigenvalue weighted by molar-refractivity contribution is 0.0671. The highest BCUT2D eigenvalue weighted by Gasteiger charge is 2.30. The predicted octanol–water partition coefficient (Wildman–Crippen LogP) is 2.06. The Morgan fingerprint density at radius 2 is 1.96 bits per heavy atom. The van der Waals surface area contributed by atoms with Crippen LogP contribution < -0.4 is 10.5 Å². The van der Waals surface area contributed by atoms with Crippen molar-refractivity contribution in [3.05, 3.63) is 70.3 Å². The van der Waals surface area contributed by atoms with Crippen molar-refractivity contribution in [3.8, 4) is 5.75 Å². The number of pyridine rings is 1. The molecule has 0 radical (unpaired) electrons. The first-order valence-electron chi connectivity index (χ1n) is 9.28. The summed E-state index contributed by atoms with van der Waals surface area (Å²) in [4.78, 5) is 33.9. The number of aromatic hydroxyl groups is 1. The minimum absolute atomic E-state index is 0.0132. The van der Waals surface area contributed by atoms with Crippen molar-refractivity contribution in [1.82, 2.24) is 14.3 Å². The van der Waals surface area contributed by atoms with Crippen molar-refractivity contribution < 1.29 is 9.90 Å². The number of aromatic nitrogens is 2. The maximum absolute atomic E-state index is 13.1. The number of hydrogen-bond acceptors (Lipinski definition) is 5. The molecule has 144 valence electrons. The third-order valence-electron chi connectivity index (χ3n) is 5.29. The molecule has 4 rings (SSSR count). The Morgan fingerprint density at radius 3 is 2.71 bits per heavy atom. The van der Waals surface area contributed by atoms with E-state index in [-0.39, 0.29) is 28.9 Å². The summed E-state index contributed by atoms with van der Waals surface area (Å²) in [7, 11) is 0. The Kier molecular flexibility index (Phi) is 4.50. The summed E-state index contributed by atoms with van der Waals surface area (Å²) in [6, 6.07) is 11.1. The largest absolute Gasteiger partial charge is 0.504 e. The molecule has 0 spiro atoms. The van der Waals surface area contributed by atoms with E-state index >= 15 is 0 Å². The molecule has 3 aromatic rings. The second-order valence-electron chi connectivity index (χ2n) is 7.14. The van der Waals surface area contributed by atoms with Gasteiger partial charge in [0.1, 0.15) is 5.56 Å². The summed E-state index contributed by atoms with van der Waals surface area (Å²) >= 11 is 0. The van der Waals surface area contributed by atoms with Crippen LogP contribution in [0.2, 0.25) is 0 Å². The lowest BCUT2D eigenvalue weighted by atomic mass is 10.1. The fourth-order valence-corrected chi connectivity index (χ4v) is 3.79. The van der Waals surface area contributed by atoms with Gasteiger partial charge in [-0.1, -0.05) is 18.2 Å². The molecule has 7 nitrogen and oxygen atoms in total. The van der Waals surface area contributed by atoms with E-state index in [4.69, 9.17) is 0 Å². The number of carbonyl (C=O) groups excluding carboxylic acids is 1. The number of amides is 1. The molecule has 1 atom stereocenters. The topological polar surface area (TPSA) is 78.2 Å². The highest BCUT2D eigenvalue weighted by atomic mass is 16.3.